The summed E-state index contributed by atoms with van der Waals surface area (Å²) in [5, 5.41) is 28.0. The van der Waals surface area contributed by atoms with Crippen LogP contribution in [0, 0.1) is 0 Å². The smallest absolute Gasteiger partial charge is 0.303 e. The fraction of sp³-hybridized carbons (Fsp3) is 0.550. The van der Waals surface area contributed by atoms with E-state index in [-0.39, 0.29) is 6.42 Å². The summed E-state index contributed by atoms with van der Waals surface area (Å²) in [5.74, 6) is -0.879. The van der Waals surface area contributed by atoms with Gasteiger partial charge in [-0.05, 0) is 44.9 Å². The molecule has 136 valence electrons. The zero-order chi connectivity index (χ0) is 18.0. The van der Waals surface area contributed by atoms with Gasteiger partial charge in [0.2, 0.25) is 0 Å². The number of carboxylic acid groups (broad SMARTS) is 1. The van der Waals surface area contributed by atoms with Crippen molar-refractivity contribution in [2.24, 2.45) is 0 Å². The predicted molar refractivity (Wildman–Crippen MR) is 98.8 cm³/mol. The average Bonchev–Trinajstić information content (AvgIpc) is 2.55. The summed E-state index contributed by atoms with van der Waals surface area (Å²) in [6, 6.07) is 0. The number of hydrogen-bond donors (Lipinski definition) is 3. The lowest BCUT2D eigenvalue weighted by Crippen LogP contribution is -2.25. The van der Waals surface area contributed by atoms with Gasteiger partial charge in [0.05, 0.1) is 12.2 Å². The molecule has 0 aliphatic rings. The van der Waals surface area contributed by atoms with Crippen LogP contribution in [0.25, 0.3) is 0 Å². The van der Waals surface area contributed by atoms with Crippen LogP contribution in [0.1, 0.15) is 58.3 Å². The van der Waals surface area contributed by atoms with Crippen LogP contribution in [0.5, 0.6) is 0 Å². The van der Waals surface area contributed by atoms with E-state index >= 15 is 0 Å². The highest BCUT2D eigenvalue weighted by atomic mass is 16.4. The monoisotopic (exact) mass is 336 g/mol. The maximum Gasteiger partial charge on any atom is 0.303 e. The SMILES string of the molecule is CC/C=C\C/C=C\C/C=C\C/C=C\C[C@@H](O)[C@@H](O)CCCC(=O)O. The van der Waals surface area contributed by atoms with E-state index in [1.165, 1.54) is 0 Å². The topological polar surface area (TPSA) is 77.8 Å². The lowest BCUT2D eigenvalue weighted by atomic mass is 10.0. The zero-order valence-corrected chi connectivity index (χ0v) is 14.7. The van der Waals surface area contributed by atoms with Crippen molar-refractivity contribution in [1.29, 1.82) is 0 Å². The normalized spacial score (nSPS) is 15.1. The van der Waals surface area contributed by atoms with E-state index < -0.39 is 18.2 Å². The molecule has 0 aliphatic carbocycles. The Bertz CT molecular complexity index is 421. The molecule has 4 heteroatoms. The van der Waals surface area contributed by atoms with Gasteiger partial charge in [0, 0.05) is 6.42 Å². The minimum Gasteiger partial charge on any atom is -0.481 e. The first-order chi connectivity index (χ1) is 11.6. The summed E-state index contributed by atoms with van der Waals surface area (Å²) in [7, 11) is 0. The molecule has 0 radical (unpaired) electrons. The summed E-state index contributed by atoms with van der Waals surface area (Å²) in [4.78, 5) is 10.4. The van der Waals surface area contributed by atoms with Gasteiger partial charge < -0.3 is 15.3 Å². The minimum absolute atomic E-state index is 0.0216. The Morgan fingerprint density at radius 3 is 1.83 bits per heavy atom. The number of rotatable bonds is 14. The van der Waals surface area contributed by atoms with Crippen LogP contribution >= 0.6 is 0 Å². The molecule has 2 atom stereocenters. The highest BCUT2D eigenvalue weighted by Gasteiger charge is 2.14. The Hall–Kier alpha value is -1.65. The Balaban J connectivity index is 3.70. The van der Waals surface area contributed by atoms with Gasteiger partial charge in [-0.15, -0.1) is 0 Å². The van der Waals surface area contributed by atoms with Crippen LogP contribution in [0.2, 0.25) is 0 Å². The van der Waals surface area contributed by atoms with Gasteiger partial charge in [-0.2, -0.15) is 0 Å². The highest BCUT2D eigenvalue weighted by molar-refractivity contribution is 5.66. The molecule has 0 heterocycles. The molecule has 4 nitrogen and oxygen atoms in total. The molecule has 0 amide bonds. The molecule has 0 aromatic rings. The van der Waals surface area contributed by atoms with Crippen LogP contribution in [-0.4, -0.2) is 33.5 Å². The van der Waals surface area contributed by atoms with Gasteiger partial charge in [-0.1, -0.05) is 55.5 Å². The van der Waals surface area contributed by atoms with Crippen molar-refractivity contribution in [3.05, 3.63) is 48.6 Å². The number of carboxylic acids is 1. The summed E-state index contributed by atoms with van der Waals surface area (Å²) >= 11 is 0. The Morgan fingerprint density at radius 2 is 1.33 bits per heavy atom. The lowest BCUT2D eigenvalue weighted by Gasteiger charge is -2.15. The number of aliphatic carboxylic acids is 1. The van der Waals surface area contributed by atoms with Gasteiger partial charge in [0.25, 0.3) is 0 Å². The van der Waals surface area contributed by atoms with Crippen LogP contribution in [0.4, 0.5) is 0 Å². The number of aliphatic hydroxyl groups excluding tert-OH is 2. The number of hydrogen-bond acceptors (Lipinski definition) is 3. The molecule has 3 N–H and O–H groups in total. The van der Waals surface area contributed by atoms with Crippen LogP contribution < -0.4 is 0 Å². The molecular weight excluding hydrogens is 304 g/mol. The molecular formula is C20H32O4. The fourth-order valence-electron chi connectivity index (χ4n) is 2.03. The van der Waals surface area contributed by atoms with E-state index in [4.69, 9.17) is 5.11 Å². The quantitative estimate of drug-likeness (QED) is 0.416. The molecule has 0 rings (SSSR count). The van der Waals surface area contributed by atoms with Crippen LogP contribution in [-0.2, 0) is 4.79 Å². The minimum atomic E-state index is -0.879. The second-order valence-electron chi connectivity index (χ2n) is 5.66. The summed E-state index contributed by atoms with van der Waals surface area (Å²) < 4.78 is 0. The lowest BCUT2D eigenvalue weighted by molar-refractivity contribution is -0.137. The third-order valence-electron chi connectivity index (χ3n) is 3.43. The Kier molecular flexibility index (Phi) is 15.1. The molecule has 0 aromatic heterocycles. The molecule has 0 spiro atoms. The molecule has 0 fully saturated rings. The number of carbonyl (C=O) groups is 1. The third kappa shape index (κ3) is 15.3. The summed E-state index contributed by atoms with van der Waals surface area (Å²) in [5.41, 5.74) is 0. The summed E-state index contributed by atoms with van der Waals surface area (Å²) in [6.07, 6.45) is 19.7. The van der Waals surface area contributed by atoms with Crippen molar-refractivity contribution < 1.29 is 20.1 Å². The highest BCUT2D eigenvalue weighted by Crippen LogP contribution is 2.09. The largest absolute Gasteiger partial charge is 0.481 e. The first-order valence-corrected chi connectivity index (χ1v) is 8.75. The van der Waals surface area contributed by atoms with E-state index in [2.05, 4.69) is 43.4 Å². The van der Waals surface area contributed by atoms with Crippen molar-refractivity contribution >= 4 is 5.97 Å². The first-order valence-electron chi connectivity index (χ1n) is 8.75. The van der Waals surface area contributed by atoms with Crippen molar-refractivity contribution in [3.63, 3.8) is 0 Å². The van der Waals surface area contributed by atoms with Crippen molar-refractivity contribution in [1.82, 2.24) is 0 Å². The maximum absolute atomic E-state index is 10.4. The zero-order valence-electron chi connectivity index (χ0n) is 14.7. The Morgan fingerprint density at radius 1 is 0.833 bits per heavy atom. The van der Waals surface area contributed by atoms with Crippen molar-refractivity contribution in [3.8, 4) is 0 Å². The number of allylic oxidation sites excluding steroid dienone is 7. The van der Waals surface area contributed by atoms with Crippen LogP contribution in [0.3, 0.4) is 0 Å². The fourth-order valence-corrected chi connectivity index (χ4v) is 2.03. The molecule has 0 aromatic carbocycles. The van der Waals surface area contributed by atoms with Gasteiger partial charge in [-0.3, -0.25) is 4.79 Å². The third-order valence-corrected chi connectivity index (χ3v) is 3.43. The average molecular weight is 336 g/mol. The molecule has 0 saturated heterocycles. The van der Waals surface area contributed by atoms with E-state index in [1.54, 1.807) is 0 Å². The van der Waals surface area contributed by atoms with Crippen molar-refractivity contribution in [2.75, 3.05) is 0 Å². The maximum atomic E-state index is 10.4. The molecule has 0 saturated carbocycles. The molecule has 24 heavy (non-hydrogen) atoms. The second kappa shape index (κ2) is 16.2. The van der Waals surface area contributed by atoms with Crippen LogP contribution in [0.15, 0.2) is 48.6 Å². The molecule has 0 unspecified atom stereocenters. The van der Waals surface area contributed by atoms with Gasteiger partial charge >= 0.3 is 5.97 Å². The van der Waals surface area contributed by atoms with E-state index in [0.29, 0.717) is 19.3 Å². The van der Waals surface area contributed by atoms with Gasteiger partial charge in [-0.25, -0.2) is 0 Å². The standard InChI is InChI=1S/C20H32O4/c1-2-3-4-5-6-7-8-9-10-11-12-13-15-18(21)19(22)16-14-17-20(23)24/h3-4,6-7,9-10,12-13,18-19,21-22H,2,5,8,11,14-17H2,1H3,(H,23,24)/b4-3-,7-6-,10-9-,13-12-/t18-,19+/m1/s1. The van der Waals surface area contributed by atoms with E-state index in [1.807, 2.05) is 12.2 Å². The first kappa shape index (κ1) is 22.4. The molecule has 0 aliphatic heterocycles. The van der Waals surface area contributed by atoms with Crippen molar-refractivity contribution in [2.45, 2.75) is 70.5 Å². The second-order valence-corrected chi connectivity index (χ2v) is 5.66. The van der Waals surface area contributed by atoms with E-state index in [0.717, 1.165) is 25.7 Å². The number of aliphatic hydroxyl groups is 2. The van der Waals surface area contributed by atoms with Gasteiger partial charge in [0.15, 0.2) is 0 Å². The Labute approximate surface area is 145 Å². The predicted octanol–water partition coefficient (Wildman–Crippen LogP) is 4.16. The summed E-state index contributed by atoms with van der Waals surface area (Å²) in [6.45, 7) is 2.12. The molecule has 0 bridgehead atoms. The van der Waals surface area contributed by atoms with Gasteiger partial charge in [0.1, 0.15) is 0 Å². The van der Waals surface area contributed by atoms with E-state index in [9.17, 15) is 15.0 Å².